The zero-order valence-corrected chi connectivity index (χ0v) is 17.1. The molecule has 9 heteroatoms. The standard InChI is InChI=1S/C18H32N4O4S/c1-2-14-27(25,26)22-9-5-6-16(22)18(24)21-12-10-19(11-13-21)15-17(23)20-7-3-4-8-20/h16H,2-15H2,1H3. The molecule has 27 heavy (non-hydrogen) atoms. The molecule has 1 atom stereocenters. The molecule has 0 N–H and O–H groups in total. The lowest BCUT2D eigenvalue weighted by Gasteiger charge is -2.37. The Bertz CT molecular complexity index is 640. The molecule has 3 rings (SSSR count). The number of carbonyl (C=O) groups is 2. The summed E-state index contributed by atoms with van der Waals surface area (Å²) in [4.78, 5) is 31.0. The Morgan fingerprint density at radius 1 is 0.889 bits per heavy atom. The fourth-order valence-electron chi connectivity index (χ4n) is 4.29. The summed E-state index contributed by atoms with van der Waals surface area (Å²) in [7, 11) is -3.35. The lowest BCUT2D eigenvalue weighted by Crippen LogP contribution is -2.55. The third-order valence-corrected chi connectivity index (χ3v) is 7.89. The highest BCUT2D eigenvalue weighted by Gasteiger charge is 2.40. The van der Waals surface area contributed by atoms with Crippen molar-refractivity contribution >= 4 is 21.8 Å². The lowest BCUT2D eigenvalue weighted by atomic mass is 10.2. The lowest BCUT2D eigenvalue weighted by molar-refractivity contribution is -0.137. The Hall–Kier alpha value is -1.19. The third kappa shape index (κ3) is 4.81. The number of sulfonamides is 1. The number of rotatable bonds is 6. The number of nitrogens with zero attached hydrogens (tertiary/aromatic N) is 4. The van der Waals surface area contributed by atoms with E-state index < -0.39 is 16.1 Å². The molecular formula is C18H32N4O4S. The van der Waals surface area contributed by atoms with Crippen LogP contribution in [0.4, 0.5) is 0 Å². The van der Waals surface area contributed by atoms with Crippen molar-refractivity contribution in [3.63, 3.8) is 0 Å². The first-order valence-electron chi connectivity index (χ1n) is 10.2. The number of piperazine rings is 1. The monoisotopic (exact) mass is 400 g/mol. The van der Waals surface area contributed by atoms with Crippen LogP contribution in [0, 0.1) is 0 Å². The van der Waals surface area contributed by atoms with Gasteiger partial charge in [0.05, 0.1) is 12.3 Å². The van der Waals surface area contributed by atoms with Crippen LogP contribution in [0.3, 0.4) is 0 Å². The second kappa shape index (κ2) is 8.87. The molecule has 0 bridgehead atoms. The third-order valence-electron chi connectivity index (χ3n) is 5.81. The molecule has 3 saturated heterocycles. The van der Waals surface area contributed by atoms with Crippen molar-refractivity contribution in [1.29, 1.82) is 0 Å². The quantitative estimate of drug-likeness (QED) is 0.625. The minimum atomic E-state index is -3.35. The maximum Gasteiger partial charge on any atom is 0.241 e. The zero-order chi connectivity index (χ0) is 19.4. The van der Waals surface area contributed by atoms with Gasteiger partial charge in [0, 0.05) is 45.8 Å². The van der Waals surface area contributed by atoms with Gasteiger partial charge in [-0.25, -0.2) is 8.42 Å². The van der Waals surface area contributed by atoms with Crippen molar-refractivity contribution in [3.8, 4) is 0 Å². The Labute approximate surface area is 162 Å². The van der Waals surface area contributed by atoms with Gasteiger partial charge in [-0.15, -0.1) is 0 Å². The predicted molar refractivity (Wildman–Crippen MR) is 103 cm³/mol. The maximum atomic E-state index is 12.9. The SMILES string of the molecule is CCCS(=O)(=O)N1CCCC1C(=O)N1CCN(CC(=O)N2CCCC2)CC1. The van der Waals surface area contributed by atoms with Crippen molar-refractivity contribution in [2.24, 2.45) is 0 Å². The molecule has 0 aromatic rings. The minimum Gasteiger partial charge on any atom is -0.342 e. The van der Waals surface area contributed by atoms with E-state index >= 15 is 0 Å². The zero-order valence-electron chi connectivity index (χ0n) is 16.3. The highest BCUT2D eigenvalue weighted by atomic mass is 32.2. The molecule has 3 fully saturated rings. The van der Waals surface area contributed by atoms with Gasteiger partial charge in [0.1, 0.15) is 6.04 Å². The molecule has 3 heterocycles. The van der Waals surface area contributed by atoms with Crippen LogP contribution < -0.4 is 0 Å². The van der Waals surface area contributed by atoms with E-state index in [2.05, 4.69) is 4.90 Å². The van der Waals surface area contributed by atoms with Gasteiger partial charge in [0.25, 0.3) is 0 Å². The molecule has 8 nitrogen and oxygen atoms in total. The average molecular weight is 401 g/mol. The van der Waals surface area contributed by atoms with Crippen molar-refractivity contribution in [2.45, 2.75) is 45.1 Å². The van der Waals surface area contributed by atoms with E-state index in [4.69, 9.17) is 0 Å². The molecule has 0 radical (unpaired) electrons. The number of hydrogen-bond acceptors (Lipinski definition) is 5. The first-order chi connectivity index (χ1) is 12.9. The molecule has 0 saturated carbocycles. The van der Waals surface area contributed by atoms with Gasteiger partial charge in [0.15, 0.2) is 0 Å². The van der Waals surface area contributed by atoms with E-state index in [1.54, 1.807) is 4.90 Å². The summed E-state index contributed by atoms with van der Waals surface area (Å²) in [5, 5.41) is 0. The Morgan fingerprint density at radius 3 is 2.19 bits per heavy atom. The molecule has 2 amide bonds. The van der Waals surface area contributed by atoms with E-state index in [9.17, 15) is 18.0 Å². The molecule has 0 spiro atoms. The van der Waals surface area contributed by atoms with Gasteiger partial charge in [-0.1, -0.05) is 6.92 Å². The van der Waals surface area contributed by atoms with Crippen molar-refractivity contribution < 1.29 is 18.0 Å². The smallest absolute Gasteiger partial charge is 0.241 e. The number of hydrogen-bond donors (Lipinski definition) is 0. The van der Waals surface area contributed by atoms with Crippen LogP contribution in [0.5, 0.6) is 0 Å². The van der Waals surface area contributed by atoms with Crippen LogP contribution in [0.2, 0.25) is 0 Å². The Kier molecular flexibility index (Phi) is 6.75. The highest BCUT2D eigenvalue weighted by Crippen LogP contribution is 2.24. The maximum absolute atomic E-state index is 12.9. The fraction of sp³-hybridized carbons (Fsp3) is 0.889. The van der Waals surface area contributed by atoms with Crippen LogP contribution in [-0.2, 0) is 19.6 Å². The largest absolute Gasteiger partial charge is 0.342 e. The number of amides is 2. The first kappa shape index (κ1) is 20.5. The minimum absolute atomic E-state index is 0.0716. The van der Waals surface area contributed by atoms with Crippen molar-refractivity contribution in [2.75, 3.05) is 58.1 Å². The van der Waals surface area contributed by atoms with Crippen LogP contribution in [0.15, 0.2) is 0 Å². The van der Waals surface area contributed by atoms with Crippen molar-refractivity contribution in [3.05, 3.63) is 0 Å². The normalized spacial score (nSPS) is 25.3. The Balaban J connectivity index is 1.51. The number of carbonyl (C=O) groups excluding carboxylic acids is 2. The van der Waals surface area contributed by atoms with Gasteiger partial charge in [-0.2, -0.15) is 4.31 Å². The molecule has 1 unspecified atom stereocenters. The second-order valence-corrected chi connectivity index (χ2v) is 9.82. The van der Waals surface area contributed by atoms with Gasteiger partial charge >= 0.3 is 0 Å². The summed E-state index contributed by atoms with van der Waals surface area (Å²) in [6.45, 7) is 6.88. The first-order valence-corrected chi connectivity index (χ1v) is 11.8. The summed E-state index contributed by atoms with van der Waals surface area (Å²) in [6, 6.07) is -0.542. The Morgan fingerprint density at radius 2 is 1.56 bits per heavy atom. The summed E-state index contributed by atoms with van der Waals surface area (Å²) in [5.74, 6) is 0.209. The van der Waals surface area contributed by atoms with Gasteiger partial charge in [-0.3, -0.25) is 14.5 Å². The van der Waals surface area contributed by atoms with Crippen LogP contribution >= 0.6 is 0 Å². The molecular weight excluding hydrogens is 368 g/mol. The van der Waals surface area contributed by atoms with Crippen LogP contribution in [0.1, 0.15) is 39.0 Å². The highest BCUT2D eigenvalue weighted by molar-refractivity contribution is 7.89. The van der Waals surface area contributed by atoms with E-state index in [-0.39, 0.29) is 17.6 Å². The predicted octanol–water partition coefficient (Wildman–Crippen LogP) is -0.0428. The molecule has 0 aromatic heterocycles. The van der Waals surface area contributed by atoms with Gasteiger partial charge in [0.2, 0.25) is 21.8 Å². The van der Waals surface area contributed by atoms with Crippen LogP contribution in [-0.4, -0.2) is 103 Å². The molecule has 154 valence electrons. The summed E-state index contributed by atoms with van der Waals surface area (Å²) in [5.41, 5.74) is 0. The van der Waals surface area contributed by atoms with E-state index in [1.165, 1.54) is 4.31 Å². The topological polar surface area (TPSA) is 81.2 Å². The van der Waals surface area contributed by atoms with Crippen molar-refractivity contribution in [1.82, 2.24) is 19.0 Å². The van der Waals surface area contributed by atoms with Gasteiger partial charge < -0.3 is 9.80 Å². The fourth-order valence-corrected chi connectivity index (χ4v) is 6.03. The number of likely N-dealkylation sites (tertiary alicyclic amines) is 1. The van der Waals surface area contributed by atoms with E-state index in [0.29, 0.717) is 52.1 Å². The summed E-state index contributed by atoms with van der Waals surface area (Å²) in [6.07, 6.45) is 4.09. The summed E-state index contributed by atoms with van der Waals surface area (Å²) < 4.78 is 26.3. The second-order valence-electron chi connectivity index (χ2n) is 7.77. The van der Waals surface area contributed by atoms with E-state index in [1.807, 2.05) is 11.8 Å². The van der Waals surface area contributed by atoms with Gasteiger partial charge in [-0.05, 0) is 32.1 Å². The molecule has 3 aliphatic heterocycles. The molecule has 0 aliphatic carbocycles. The van der Waals surface area contributed by atoms with Crippen LogP contribution in [0.25, 0.3) is 0 Å². The summed E-state index contributed by atoms with van der Waals surface area (Å²) >= 11 is 0. The van der Waals surface area contributed by atoms with E-state index in [0.717, 1.165) is 32.4 Å². The molecule has 3 aliphatic rings. The molecule has 0 aromatic carbocycles. The average Bonchev–Trinajstić information content (AvgIpc) is 3.34.